The third kappa shape index (κ3) is 4.41. The van der Waals surface area contributed by atoms with Gasteiger partial charge < -0.3 is 5.73 Å². The zero-order valence-electron chi connectivity index (χ0n) is 11.4. The van der Waals surface area contributed by atoms with Crippen molar-refractivity contribution in [2.24, 2.45) is 11.7 Å². The fourth-order valence-electron chi connectivity index (χ4n) is 2.22. The molecule has 0 atom stereocenters. The van der Waals surface area contributed by atoms with Crippen molar-refractivity contribution in [1.82, 2.24) is 4.72 Å². The molecule has 1 heterocycles. The van der Waals surface area contributed by atoms with Gasteiger partial charge in [-0.25, -0.2) is 17.5 Å². The molecule has 21 heavy (non-hydrogen) atoms. The first-order chi connectivity index (χ1) is 9.94. The molecule has 0 amide bonds. The molecule has 3 N–H and O–H groups in total. The summed E-state index contributed by atoms with van der Waals surface area (Å²) in [6.07, 6.45) is 1.98. The molecule has 1 aliphatic rings. The Morgan fingerprint density at radius 3 is 2.67 bits per heavy atom. The number of sulfonamides is 1. The number of nitrogens with one attached hydrogen (secondary N) is 1. The van der Waals surface area contributed by atoms with Gasteiger partial charge in [-0.2, -0.15) is 11.8 Å². The minimum absolute atomic E-state index is 0.0480. The van der Waals surface area contributed by atoms with Crippen LogP contribution >= 0.6 is 27.7 Å². The molecule has 1 saturated heterocycles. The van der Waals surface area contributed by atoms with Gasteiger partial charge in [0, 0.05) is 23.1 Å². The van der Waals surface area contributed by atoms with Gasteiger partial charge in [-0.3, -0.25) is 0 Å². The van der Waals surface area contributed by atoms with Crippen LogP contribution in [-0.2, 0) is 16.6 Å². The zero-order valence-corrected chi connectivity index (χ0v) is 14.7. The summed E-state index contributed by atoms with van der Waals surface area (Å²) in [4.78, 5) is -0.345. The summed E-state index contributed by atoms with van der Waals surface area (Å²) < 4.78 is 41.8. The lowest BCUT2D eigenvalue weighted by molar-refractivity contribution is 0.474. The predicted molar refractivity (Wildman–Crippen MR) is 87.2 cm³/mol. The minimum atomic E-state index is -3.86. The summed E-state index contributed by atoms with van der Waals surface area (Å²) in [5, 5.41) is 0. The van der Waals surface area contributed by atoms with Crippen molar-refractivity contribution in [1.29, 1.82) is 0 Å². The lowest BCUT2D eigenvalue weighted by Crippen LogP contribution is -2.31. The molecule has 118 valence electrons. The summed E-state index contributed by atoms with van der Waals surface area (Å²) in [7, 11) is -3.86. The van der Waals surface area contributed by atoms with Crippen LogP contribution in [0.1, 0.15) is 18.4 Å². The topological polar surface area (TPSA) is 72.2 Å². The Morgan fingerprint density at radius 2 is 2.05 bits per heavy atom. The SMILES string of the molecule is NCc1cc(Br)cc(S(=O)(=O)NCC2CCSCC2)c1F. The van der Waals surface area contributed by atoms with E-state index in [2.05, 4.69) is 20.7 Å². The Kier molecular flexibility index (Phi) is 6.07. The number of hydrogen-bond donors (Lipinski definition) is 2. The molecule has 1 aromatic rings. The van der Waals surface area contributed by atoms with Crippen LogP contribution in [0.3, 0.4) is 0 Å². The Hall–Kier alpha value is -0.150. The van der Waals surface area contributed by atoms with Gasteiger partial charge >= 0.3 is 0 Å². The number of thioether (sulfide) groups is 1. The highest BCUT2D eigenvalue weighted by molar-refractivity contribution is 9.10. The second-order valence-corrected chi connectivity index (χ2v) is 8.86. The van der Waals surface area contributed by atoms with E-state index >= 15 is 0 Å². The highest BCUT2D eigenvalue weighted by Crippen LogP contribution is 2.25. The van der Waals surface area contributed by atoms with Crippen molar-refractivity contribution in [2.75, 3.05) is 18.1 Å². The third-order valence-electron chi connectivity index (χ3n) is 3.49. The van der Waals surface area contributed by atoms with Crippen LogP contribution in [0.25, 0.3) is 0 Å². The smallest absolute Gasteiger partial charge is 0.243 e. The summed E-state index contributed by atoms with van der Waals surface area (Å²) >= 11 is 5.07. The van der Waals surface area contributed by atoms with Gasteiger partial charge in [0.15, 0.2) is 0 Å². The Balaban J connectivity index is 2.17. The molecule has 0 aliphatic carbocycles. The summed E-state index contributed by atoms with van der Waals surface area (Å²) in [5.41, 5.74) is 5.62. The van der Waals surface area contributed by atoms with E-state index in [1.807, 2.05) is 11.8 Å². The molecule has 0 radical (unpaired) electrons. The Bertz CT molecular complexity index is 604. The number of halogens is 2. The highest BCUT2D eigenvalue weighted by Gasteiger charge is 2.23. The van der Waals surface area contributed by atoms with Gasteiger partial charge in [0.1, 0.15) is 10.7 Å². The zero-order chi connectivity index (χ0) is 15.5. The molecule has 4 nitrogen and oxygen atoms in total. The Labute approximate surface area is 137 Å². The molecular weight excluding hydrogens is 379 g/mol. The maximum atomic E-state index is 14.2. The number of hydrogen-bond acceptors (Lipinski definition) is 4. The van der Waals surface area contributed by atoms with Gasteiger partial charge in [-0.05, 0) is 42.4 Å². The average Bonchev–Trinajstić information content (AvgIpc) is 2.48. The fourth-order valence-corrected chi connectivity index (χ4v) is 5.34. The van der Waals surface area contributed by atoms with Crippen LogP contribution in [0.5, 0.6) is 0 Å². The van der Waals surface area contributed by atoms with Gasteiger partial charge in [0.05, 0.1) is 0 Å². The normalized spacial score (nSPS) is 17.1. The van der Waals surface area contributed by atoms with E-state index in [1.54, 1.807) is 0 Å². The van der Waals surface area contributed by atoms with E-state index in [0.717, 1.165) is 24.3 Å². The first-order valence-corrected chi connectivity index (χ1v) is 10.1. The van der Waals surface area contributed by atoms with Crippen LogP contribution < -0.4 is 10.5 Å². The maximum Gasteiger partial charge on any atom is 0.243 e. The van der Waals surface area contributed by atoms with Gasteiger partial charge in [0.25, 0.3) is 0 Å². The van der Waals surface area contributed by atoms with Gasteiger partial charge in [-0.15, -0.1) is 0 Å². The van der Waals surface area contributed by atoms with E-state index < -0.39 is 15.8 Å². The molecule has 0 spiro atoms. The molecule has 0 bridgehead atoms. The van der Waals surface area contributed by atoms with Crippen molar-refractivity contribution >= 4 is 37.7 Å². The molecule has 8 heteroatoms. The fraction of sp³-hybridized carbons (Fsp3) is 0.538. The molecule has 1 aliphatic heterocycles. The average molecular weight is 397 g/mol. The molecule has 1 fully saturated rings. The van der Waals surface area contributed by atoms with Crippen LogP contribution in [0.15, 0.2) is 21.5 Å². The summed E-state index contributed by atoms with van der Waals surface area (Å²) in [5.74, 6) is 1.65. The van der Waals surface area contributed by atoms with Crippen LogP contribution in [-0.4, -0.2) is 26.5 Å². The van der Waals surface area contributed by atoms with Crippen LogP contribution in [0, 0.1) is 11.7 Å². The number of rotatable bonds is 5. The molecule has 0 unspecified atom stereocenters. The van der Waals surface area contributed by atoms with Crippen LogP contribution in [0.2, 0.25) is 0 Å². The lowest BCUT2D eigenvalue weighted by atomic mass is 10.0. The highest BCUT2D eigenvalue weighted by atomic mass is 79.9. The van der Waals surface area contributed by atoms with Gasteiger partial charge in [0.2, 0.25) is 10.0 Å². The number of nitrogens with two attached hydrogens (primary N) is 1. The lowest BCUT2D eigenvalue weighted by Gasteiger charge is -2.21. The summed E-state index contributed by atoms with van der Waals surface area (Å²) in [6.45, 7) is 0.306. The quantitative estimate of drug-likeness (QED) is 0.801. The molecule has 2 rings (SSSR count). The van der Waals surface area contributed by atoms with E-state index in [9.17, 15) is 12.8 Å². The monoisotopic (exact) mass is 396 g/mol. The number of benzene rings is 1. The molecular formula is C13H18BrFN2O2S2. The molecule has 0 saturated carbocycles. The van der Waals surface area contributed by atoms with E-state index in [0.29, 0.717) is 16.9 Å². The van der Waals surface area contributed by atoms with Crippen molar-refractivity contribution in [3.63, 3.8) is 0 Å². The first-order valence-electron chi connectivity index (χ1n) is 6.69. The second kappa shape index (κ2) is 7.41. The largest absolute Gasteiger partial charge is 0.326 e. The predicted octanol–water partition coefficient (Wildman–Crippen LogP) is 2.47. The molecule has 1 aromatic carbocycles. The van der Waals surface area contributed by atoms with Crippen molar-refractivity contribution in [3.8, 4) is 0 Å². The minimum Gasteiger partial charge on any atom is -0.326 e. The van der Waals surface area contributed by atoms with E-state index in [4.69, 9.17) is 5.73 Å². The van der Waals surface area contributed by atoms with Crippen LogP contribution in [0.4, 0.5) is 4.39 Å². The maximum absolute atomic E-state index is 14.2. The Morgan fingerprint density at radius 1 is 1.38 bits per heavy atom. The first kappa shape index (κ1) is 17.2. The van der Waals surface area contributed by atoms with Crippen molar-refractivity contribution in [2.45, 2.75) is 24.3 Å². The summed E-state index contributed by atoms with van der Waals surface area (Å²) in [6, 6.07) is 2.76. The van der Waals surface area contributed by atoms with Crippen molar-refractivity contribution in [3.05, 3.63) is 28.0 Å². The van der Waals surface area contributed by atoms with E-state index in [1.165, 1.54) is 12.1 Å². The second-order valence-electron chi connectivity index (χ2n) is 4.99. The molecule has 0 aromatic heterocycles. The van der Waals surface area contributed by atoms with E-state index in [-0.39, 0.29) is 17.0 Å². The standard InChI is InChI=1S/C13H18BrFN2O2S2/c14-11-5-10(7-16)13(15)12(6-11)21(18,19)17-8-9-1-3-20-4-2-9/h5-6,9,17H,1-4,7-8,16H2. The van der Waals surface area contributed by atoms with Gasteiger partial charge in [-0.1, -0.05) is 15.9 Å². The third-order valence-corrected chi connectivity index (χ3v) is 6.42. The van der Waals surface area contributed by atoms with Crippen molar-refractivity contribution < 1.29 is 12.8 Å².